The zero-order chi connectivity index (χ0) is 14.3. The molecule has 5 heteroatoms. The van der Waals surface area contributed by atoms with Gasteiger partial charge < -0.3 is 10.6 Å². The SMILES string of the molecule is Cc1nn(CC(=O)N2CCC3CCCCC32)c(C)c1N. The van der Waals surface area contributed by atoms with E-state index in [1.165, 1.54) is 32.1 Å². The van der Waals surface area contributed by atoms with Gasteiger partial charge in [-0.05, 0) is 39.0 Å². The number of carbonyl (C=O) groups is 1. The lowest BCUT2D eigenvalue weighted by Crippen LogP contribution is -2.41. The van der Waals surface area contributed by atoms with Gasteiger partial charge in [0.25, 0.3) is 0 Å². The Kier molecular flexibility index (Phi) is 3.44. The maximum atomic E-state index is 12.6. The second-order valence-electron chi connectivity index (χ2n) is 6.23. The Labute approximate surface area is 120 Å². The maximum absolute atomic E-state index is 12.6. The van der Waals surface area contributed by atoms with E-state index in [1.807, 2.05) is 13.8 Å². The molecule has 110 valence electrons. The molecule has 1 aliphatic heterocycles. The van der Waals surface area contributed by atoms with Crippen LogP contribution in [0.3, 0.4) is 0 Å². The van der Waals surface area contributed by atoms with Gasteiger partial charge in [-0.15, -0.1) is 0 Å². The monoisotopic (exact) mass is 276 g/mol. The van der Waals surface area contributed by atoms with Crippen LogP contribution in [0, 0.1) is 19.8 Å². The van der Waals surface area contributed by atoms with Gasteiger partial charge in [-0.1, -0.05) is 12.8 Å². The summed E-state index contributed by atoms with van der Waals surface area (Å²) in [4.78, 5) is 14.7. The average molecular weight is 276 g/mol. The molecule has 20 heavy (non-hydrogen) atoms. The van der Waals surface area contributed by atoms with Crippen molar-refractivity contribution < 1.29 is 4.79 Å². The first-order valence-corrected chi connectivity index (χ1v) is 7.67. The van der Waals surface area contributed by atoms with Gasteiger partial charge >= 0.3 is 0 Å². The fourth-order valence-electron chi connectivity index (χ4n) is 3.80. The molecule has 2 aliphatic rings. The Bertz CT molecular complexity index is 522. The van der Waals surface area contributed by atoms with Gasteiger partial charge in [0.1, 0.15) is 6.54 Å². The van der Waals surface area contributed by atoms with Crippen LogP contribution in [0.25, 0.3) is 0 Å². The van der Waals surface area contributed by atoms with Gasteiger partial charge in [0.2, 0.25) is 5.91 Å². The van der Waals surface area contributed by atoms with Crippen molar-refractivity contribution in [2.75, 3.05) is 12.3 Å². The molecule has 2 unspecified atom stereocenters. The molecule has 1 aromatic heterocycles. The Morgan fingerprint density at radius 2 is 2.05 bits per heavy atom. The summed E-state index contributed by atoms with van der Waals surface area (Å²) in [5.41, 5.74) is 8.34. The van der Waals surface area contributed by atoms with Crippen molar-refractivity contribution in [3.63, 3.8) is 0 Å². The lowest BCUT2D eigenvalue weighted by atomic mass is 9.85. The summed E-state index contributed by atoms with van der Waals surface area (Å²) in [6, 6.07) is 0.477. The van der Waals surface area contributed by atoms with E-state index in [4.69, 9.17) is 5.73 Å². The summed E-state index contributed by atoms with van der Waals surface area (Å²) >= 11 is 0. The van der Waals surface area contributed by atoms with Crippen LogP contribution in [-0.4, -0.2) is 33.2 Å². The van der Waals surface area contributed by atoms with E-state index in [1.54, 1.807) is 4.68 Å². The molecule has 1 saturated heterocycles. The molecular formula is C15H24N4O. The number of likely N-dealkylation sites (tertiary alicyclic amines) is 1. The molecule has 2 heterocycles. The number of nitrogens with two attached hydrogens (primary N) is 1. The second-order valence-corrected chi connectivity index (χ2v) is 6.23. The van der Waals surface area contributed by atoms with Crippen LogP contribution in [0.2, 0.25) is 0 Å². The molecule has 0 radical (unpaired) electrons. The number of nitrogens with zero attached hydrogens (tertiary/aromatic N) is 3. The third-order valence-electron chi connectivity index (χ3n) is 5.05. The van der Waals surface area contributed by atoms with Gasteiger partial charge in [0, 0.05) is 12.6 Å². The molecule has 5 nitrogen and oxygen atoms in total. The van der Waals surface area contributed by atoms with Gasteiger partial charge in [-0.2, -0.15) is 5.10 Å². The first-order chi connectivity index (χ1) is 9.58. The highest BCUT2D eigenvalue weighted by molar-refractivity contribution is 5.77. The number of amides is 1. The minimum absolute atomic E-state index is 0.199. The Morgan fingerprint density at radius 1 is 1.30 bits per heavy atom. The molecule has 1 aromatic rings. The van der Waals surface area contributed by atoms with Crippen LogP contribution in [-0.2, 0) is 11.3 Å². The van der Waals surface area contributed by atoms with Crippen molar-refractivity contribution >= 4 is 11.6 Å². The normalized spacial score (nSPS) is 25.8. The summed E-state index contributed by atoms with van der Waals surface area (Å²) in [7, 11) is 0. The fourth-order valence-corrected chi connectivity index (χ4v) is 3.80. The topological polar surface area (TPSA) is 64.2 Å². The number of nitrogen functional groups attached to an aromatic ring is 1. The van der Waals surface area contributed by atoms with Gasteiger partial charge in [0.05, 0.1) is 17.1 Å². The molecule has 2 fully saturated rings. The van der Waals surface area contributed by atoms with Crippen LogP contribution in [0.5, 0.6) is 0 Å². The van der Waals surface area contributed by atoms with Crippen LogP contribution in [0.1, 0.15) is 43.5 Å². The largest absolute Gasteiger partial charge is 0.396 e. The molecule has 3 rings (SSSR count). The van der Waals surface area contributed by atoms with Crippen LogP contribution in [0.15, 0.2) is 0 Å². The molecule has 1 amide bonds. The van der Waals surface area contributed by atoms with Crippen molar-refractivity contribution in [3.8, 4) is 0 Å². The number of fused-ring (bicyclic) bond motifs is 1. The highest BCUT2D eigenvalue weighted by atomic mass is 16.2. The van der Waals surface area contributed by atoms with E-state index in [-0.39, 0.29) is 5.91 Å². The Hall–Kier alpha value is -1.52. The van der Waals surface area contributed by atoms with Gasteiger partial charge in [0.15, 0.2) is 0 Å². The minimum atomic E-state index is 0.199. The third kappa shape index (κ3) is 2.19. The molecular weight excluding hydrogens is 252 g/mol. The lowest BCUT2D eigenvalue weighted by molar-refractivity contribution is -0.133. The van der Waals surface area contributed by atoms with Crippen molar-refractivity contribution in [2.24, 2.45) is 5.92 Å². The summed E-state index contributed by atoms with van der Waals surface area (Å²) < 4.78 is 1.75. The Balaban J connectivity index is 1.71. The van der Waals surface area contributed by atoms with Crippen LogP contribution < -0.4 is 5.73 Å². The van der Waals surface area contributed by atoms with E-state index < -0.39 is 0 Å². The smallest absolute Gasteiger partial charge is 0.244 e. The van der Waals surface area contributed by atoms with E-state index in [0.29, 0.717) is 18.3 Å². The molecule has 0 spiro atoms. The van der Waals surface area contributed by atoms with Gasteiger partial charge in [-0.3, -0.25) is 9.48 Å². The number of rotatable bonds is 2. The fraction of sp³-hybridized carbons (Fsp3) is 0.733. The number of aryl methyl sites for hydroxylation is 1. The summed E-state index contributed by atoms with van der Waals surface area (Å²) in [6.45, 7) is 5.06. The average Bonchev–Trinajstić information content (AvgIpc) is 2.97. The lowest BCUT2D eigenvalue weighted by Gasteiger charge is -2.31. The quantitative estimate of drug-likeness (QED) is 0.897. The van der Waals surface area contributed by atoms with Crippen molar-refractivity contribution in [1.29, 1.82) is 0 Å². The van der Waals surface area contributed by atoms with Crippen molar-refractivity contribution in [1.82, 2.24) is 14.7 Å². The molecule has 0 aromatic carbocycles. The standard InChI is InChI=1S/C15H24N4O/c1-10-15(16)11(2)19(17-10)9-14(20)18-8-7-12-5-3-4-6-13(12)18/h12-13H,3-9,16H2,1-2H3. The summed E-state index contributed by atoms with van der Waals surface area (Å²) in [6.07, 6.45) is 6.24. The summed E-state index contributed by atoms with van der Waals surface area (Å²) in [5.74, 6) is 0.934. The van der Waals surface area contributed by atoms with Crippen molar-refractivity contribution in [2.45, 2.75) is 58.5 Å². The van der Waals surface area contributed by atoms with Crippen LogP contribution in [0.4, 0.5) is 5.69 Å². The van der Waals surface area contributed by atoms with E-state index in [9.17, 15) is 4.79 Å². The predicted octanol–water partition coefficient (Wildman–Crippen LogP) is 1.87. The number of hydrogen-bond acceptors (Lipinski definition) is 3. The predicted molar refractivity (Wildman–Crippen MR) is 78.2 cm³/mol. The molecule has 0 bridgehead atoms. The molecule has 2 atom stereocenters. The van der Waals surface area contributed by atoms with E-state index in [2.05, 4.69) is 10.00 Å². The van der Waals surface area contributed by atoms with E-state index in [0.717, 1.165) is 23.9 Å². The minimum Gasteiger partial charge on any atom is -0.396 e. The maximum Gasteiger partial charge on any atom is 0.244 e. The molecule has 2 N–H and O–H groups in total. The first-order valence-electron chi connectivity index (χ1n) is 7.67. The highest BCUT2D eigenvalue weighted by Crippen LogP contribution is 2.36. The van der Waals surface area contributed by atoms with Crippen LogP contribution >= 0.6 is 0 Å². The number of hydrogen-bond donors (Lipinski definition) is 1. The molecule has 1 saturated carbocycles. The highest BCUT2D eigenvalue weighted by Gasteiger charge is 2.38. The zero-order valence-electron chi connectivity index (χ0n) is 12.4. The first kappa shape index (κ1) is 13.5. The Morgan fingerprint density at radius 3 is 2.75 bits per heavy atom. The number of aromatic nitrogens is 2. The number of anilines is 1. The van der Waals surface area contributed by atoms with Gasteiger partial charge in [-0.25, -0.2) is 0 Å². The van der Waals surface area contributed by atoms with Crippen molar-refractivity contribution in [3.05, 3.63) is 11.4 Å². The number of carbonyl (C=O) groups excluding carboxylic acids is 1. The summed E-state index contributed by atoms with van der Waals surface area (Å²) in [5, 5.41) is 4.37. The third-order valence-corrected chi connectivity index (χ3v) is 5.05. The van der Waals surface area contributed by atoms with E-state index >= 15 is 0 Å². The second kappa shape index (κ2) is 5.11. The zero-order valence-corrected chi connectivity index (χ0v) is 12.4. The molecule has 1 aliphatic carbocycles.